The van der Waals surface area contributed by atoms with Crippen LogP contribution in [0.2, 0.25) is 0 Å². The van der Waals surface area contributed by atoms with Crippen LogP contribution in [-0.2, 0) is 0 Å². The van der Waals surface area contributed by atoms with Crippen molar-refractivity contribution in [2.45, 2.75) is 0 Å². The summed E-state index contributed by atoms with van der Waals surface area (Å²) in [7, 11) is 0. The summed E-state index contributed by atoms with van der Waals surface area (Å²) in [5.41, 5.74) is 1.47. The molecular weight excluding hydrogens is 313 g/mol. The Morgan fingerprint density at radius 2 is 1.00 bits per heavy atom. The predicted molar refractivity (Wildman–Crippen MR) is 56.3 cm³/mol. The minimum absolute atomic E-state index is 0. The van der Waals surface area contributed by atoms with Crippen molar-refractivity contribution >= 4 is 5.78 Å². The summed E-state index contributed by atoms with van der Waals surface area (Å²) in [6.07, 6.45) is 0. The number of ketones is 1. The van der Waals surface area contributed by atoms with Gasteiger partial charge in [-0.25, -0.2) is 0 Å². The van der Waals surface area contributed by atoms with E-state index in [1.165, 1.54) is 0 Å². The average Bonchev–Trinajstić information content (AvgIpc) is 2.30. The van der Waals surface area contributed by atoms with Crippen molar-refractivity contribution in [2.24, 2.45) is 0 Å². The minimum Gasteiger partial charge on any atom is -0.289 e. The molecule has 0 atom stereocenters. The molecule has 0 saturated carbocycles. The Balaban J connectivity index is 0.00000112. The van der Waals surface area contributed by atoms with Crippen molar-refractivity contribution in [3.05, 3.63) is 71.8 Å². The van der Waals surface area contributed by atoms with Crippen LogP contribution >= 0.6 is 0 Å². The van der Waals surface area contributed by atoms with Gasteiger partial charge in [0.1, 0.15) is 0 Å². The van der Waals surface area contributed by atoms with Crippen molar-refractivity contribution in [3.63, 3.8) is 0 Å². The fourth-order valence-electron chi connectivity index (χ4n) is 1.35. The molecule has 2 rings (SSSR count). The zero-order valence-electron chi connectivity index (χ0n) is 8.26. The third-order valence-electron chi connectivity index (χ3n) is 2.07. The zero-order chi connectivity index (χ0) is 9.80. The van der Waals surface area contributed by atoms with Crippen LogP contribution in [-0.4, -0.2) is 5.78 Å². The molecule has 1 nitrogen and oxygen atoms in total. The summed E-state index contributed by atoms with van der Waals surface area (Å²) in [5.74, 6) is 0.0752. The average molecular weight is 323 g/mol. The molecule has 0 N–H and O–H groups in total. The zero-order valence-corrected chi connectivity index (χ0v) is 12.0. The molecule has 0 spiro atoms. The van der Waals surface area contributed by atoms with E-state index in [4.69, 9.17) is 0 Å². The summed E-state index contributed by atoms with van der Waals surface area (Å²) < 4.78 is 0. The van der Waals surface area contributed by atoms with Crippen molar-refractivity contribution in [1.29, 1.82) is 0 Å². The van der Waals surface area contributed by atoms with Gasteiger partial charge in [-0.15, -0.1) is 0 Å². The van der Waals surface area contributed by atoms with Gasteiger partial charge >= 0.3 is 0 Å². The van der Waals surface area contributed by atoms with E-state index in [9.17, 15) is 4.79 Å². The van der Waals surface area contributed by atoms with Gasteiger partial charge in [-0.3, -0.25) is 4.79 Å². The molecule has 0 aliphatic heterocycles. The van der Waals surface area contributed by atoms with Crippen LogP contribution in [0.3, 0.4) is 0 Å². The summed E-state index contributed by atoms with van der Waals surface area (Å²) in [5, 5.41) is 0. The largest absolute Gasteiger partial charge is 0.289 e. The van der Waals surface area contributed by atoms with Crippen LogP contribution in [0.25, 0.3) is 0 Å². The Kier molecular flexibility index (Phi) is 5.14. The van der Waals surface area contributed by atoms with Crippen LogP contribution in [0, 0.1) is 41.3 Å². The maximum atomic E-state index is 11.8. The first-order valence-corrected chi connectivity index (χ1v) is 4.53. The van der Waals surface area contributed by atoms with Crippen molar-refractivity contribution < 1.29 is 46.1 Å². The SMILES string of the molecule is O=C(c1ccccc1)c1ccccc1.[Pr]. The van der Waals surface area contributed by atoms with Crippen LogP contribution < -0.4 is 0 Å². The minimum atomic E-state index is 0. The summed E-state index contributed by atoms with van der Waals surface area (Å²) in [4.78, 5) is 11.8. The maximum Gasteiger partial charge on any atom is 0.193 e. The normalized spacial score (nSPS) is 9.07. The molecule has 0 aliphatic rings. The monoisotopic (exact) mass is 323 g/mol. The van der Waals surface area contributed by atoms with Gasteiger partial charge in [-0.1, -0.05) is 60.7 Å². The topological polar surface area (TPSA) is 17.1 Å². The number of benzene rings is 2. The molecule has 2 heteroatoms. The quantitative estimate of drug-likeness (QED) is 0.777. The molecule has 0 aliphatic carbocycles. The second-order valence-corrected chi connectivity index (χ2v) is 3.06. The Morgan fingerprint density at radius 1 is 0.667 bits per heavy atom. The van der Waals surface area contributed by atoms with Gasteiger partial charge in [0.25, 0.3) is 0 Å². The van der Waals surface area contributed by atoms with Crippen molar-refractivity contribution in [1.82, 2.24) is 0 Å². The van der Waals surface area contributed by atoms with E-state index in [0.29, 0.717) is 0 Å². The molecule has 15 heavy (non-hydrogen) atoms. The van der Waals surface area contributed by atoms with E-state index in [1.54, 1.807) is 0 Å². The molecule has 0 amide bonds. The Labute approximate surface area is 122 Å². The third-order valence-corrected chi connectivity index (χ3v) is 2.07. The molecule has 0 saturated heterocycles. The number of rotatable bonds is 2. The molecule has 0 bridgehead atoms. The van der Waals surface area contributed by atoms with Crippen molar-refractivity contribution in [3.8, 4) is 0 Å². The van der Waals surface area contributed by atoms with E-state index < -0.39 is 0 Å². The standard InChI is InChI=1S/C13H10O.Pr/c14-13(11-7-3-1-4-8-11)12-9-5-2-6-10-12;/h1-10H;. The first-order chi connectivity index (χ1) is 6.88. The van der Waals surface area contributed by atoms with Crippen LogP contribution in [0.15, 0.2) is 60.7 Å². The van der Waals surface area contributed by atoms with Crippen LogP contribution in [0.1, 0.15) is 15.9 Å². The number of hydrogen-bond acceptors (Lipinski definition) is 1. The molecule has 2 aromatic rings. The van der Waals surface area contributed by atoms with E-state index >= 15 is 0 Å². The smallest absolute Gasteiger partial charge is 0.193 e. The first kappa shape index (κ1) is 12.5. The van der Waals surface area contributed by atoms with Crippen LogP contribution in [0.4, 0.5) is 0 Å². The number of carbonyl (C=O) groups excluding carboxylic acids is 1. The van der Waals surface area contributed by atoms with E-state index in [1.807, 2.05) is 60.7 Å². The van der Waals surface area contributed by atoms with Gasteiger partial charge in [0.2, 0.25) is 0 Å². The Hall–Kier alpha value is -0.526. The summed E-state index contributed by atoms with van der Waals surface area (Å²) in [6.45, 7) is 0. The second-order valence-electron chi connectivity index (χ2n) is 3.06. The second kappa shape index (κ2) is 6.14. The summed E-state index contributed by atoms with van der Waals surface area (Å²) in [6, 6.07) is 18.6. The van der Waals surface area contributed by atoms with Gasteiger partial charge in [-0.2, -0.15) is 0 Å². The van der Waals surface area contributed by atoms with E-state index in [-0.39, 0.29) is 47.1 Å². The van der Waals surface area contributed by atoms with Gasteiger partial charge in [0, 0.05) is 52.4 Å². The Bertz CT molecular complexity index is 381. The number of hydrogen-bond donors (Lipinski definition) is 0. The fraction of sp³-hybridized carbons (Fsp3) is 0. The molecule has 71 valence electrons. The summed E-state index contributed by atoms with van der Waals surface area (Å²) >= 11 is 0. The Morgan fingerprint density at radius 3 is 1.33 bits per heavy atom. The number of carbonyl (C=O) groups is 1. The fourth-order valence-corrected chi connectivity index (χ4v) is 1.35. The van der Waals surface area contributed by atoms with Crippen molar-refractivity contribution in [2.75, 3.05) is 0 Å². The van der Waals surface area contributed by atoms with E-state index in [2.05, 4.69) is 0 Å². The van der Waals surface area contributed by atoms with Gasteiger partial charge in [0.15, 0.2) is 5.78 Å². The molecule has 1 radical (unpaired) electrons. The van der Waals surface area contributed by atoms with Gasteiger partial charge < -0.3 is 0 Å². The molecular formula is C13H10OPr. The first-order valence-electron chi connectivity index (χ1n) is 4.53. The predicted octanol–water partition coefficient (Wildman–Crippen LogP) is 2.92. The third kappa shape index (κ3) is 3.22. The molecule has 2 aromatic carbocycles. The van der Waals surface area contributed by atoms with E-state index in [0.717, 1.165) is 11.1 Å². The molecule has 0 fully saturated rings. The maximum absolute atomic E-state index is 11.8. The van der Waals surface area contributed by atoms with Gasteiger partial charge in [-0.05, 0) is 0 Å². The molecule has 0 aromatic heterocycles. The molecule has 0 heterocycles. The van der Waals surface area contributed by atoms with Gasteiger partial charge in [0.05, 0.1) is 0 Å². The van der Waals surface area contributed by atoms with Crippen LogP contribution in [0.5, 0.6) is 0 Å². The molecule has 0 unspecified atom stereocenters.